The summed E-state index contributed by atoms with van der Waals surface area (Å²) in [7, 11) is -2.15. The first-order valence-electron chi connectivity index (χ1n) is 9.28. The first kappa shape index (κ1) is 17.4. The highest BCUT2D eigenvalue weighted by atomic mass is 28.3. The van der Waals surface area contributed by atoms with E-state index in [0.717, 1.165) is 23.5 Å². The van der Waals surface area contributed by atoms with Crippen molar-refractivity contribution >= 4 is 18.4 Å². The largest absolute Gasteiger partial charge is 0.262 e. The van der Waals surface area contributed by atoms with Gasteiger partial charge in [-0.2, -0.15) is 0 Å². The van der Waals surface area contributed by atoms with E-state index in [1.54, 1.807) is 0 Å². The van der Waals surface area contributed by atoms with E-state index in [9.17, 15) is 0 Å². The molecule has 27 heavy (non-hydrogen) atoms. The monoisotopic (exact) mass is 366 g/mol. The van der Waals surface area contributed by atoms with Crippen LogP contribution >= 0.6 is 0 Å². The summed E-state index contributed by atoms with van der Waals surface area (Å²) in [4.78, 5) is 9.34. The SMILES string of the molecule is c1ccc([Si](Cc2ccccn2)(Cc2ccccn2)c2ccccc2)cc1. The highest BCUT2D eigenvalue weighted by Gasteiger charge is 2.38. The molecule has 0 saturated heterocycles. The third-order valence-electron chi connectivity index (χ3n) is 5.07. The molecule has 0 amide bonds. The Morgan fingerprint density at radius 2 is 0.889 bits per heavy atom. The van der Waals surface area contributed by atoms with Gasteiger partial charge in [0.1, 0.15) is 8.07 Å². The van der Waals surface area contributed by atoms with Crippen molar-refractivity contribution in [2.45, 2.75) is 12.1 Å². The minimum Gasteiger partial charge on any atom is -0.262 e. The summed E-state index contributed by atoms with van der Waals surface area (Å²) in [5.41, 5.74) is 2.29. The molecule has 0 atom stereocenters. The molecule has 2 heterocycles. The lowest BCUT2D eigenvalue weighted by Gasteiger charge is -2.33. The summed E-state index contributed by atoms with van der Waals surface area (Å²) in [6.45, 7) is 0. The van der Waals surface area contributed by atoms with E-state index in [0.29, 0.717) is 0 Å². The van der Waals surface area contributed by atoms with E-state index in [1.165, 1.54) is 10.4 Å². The van der Waals surface area contributed by atoms with Crippen molar-refractivity contribution in [1.82, 2.24) is 9.97 Å². The Kier molecular flexibility index (Phi) is 5.21. The van der Waals surface area contributed by atoms with Crippen molar-refractivity contribution in [3.05, 3.63) is 121 Å². The van der Waals surface area contributed by atoms with E-state index in [4.69, 9.17) is 0 Å². The van der Waals surface area contributed by atoms with Gasteiger partial charge in [0.05, 0.1) is 0 Å². The second-order valence-corrected chi connectivity index (χ2v) is 10.8. The van der Waals surface area contributed by atoms with E-state index < -0.39 is 8.07 Å². The molecule has 0 spiro atoms. The topological polar surface area (TPSA) is 25.8 Å². The summed E-state index contributed by atoms with van der Waals surface area (Å²) < 4.78 is 0. The molecule has 2 aromatic heterocycles. The van der Waals surface area contributed by atoms with Crippen molar-refractivity contribution in [2.75, 3.05) is 0 Å². The quantitative estimate of drug-likeness (QED) is 0.487. The van der Waals surface area contributed by atoms with Gasteiger partial charge in [-0.3, -0.25) is 9.97 Å². The zero-order chi connectivity index (χ0) is 18.4. The van der Waals surface area contributed by atoms with E-state index >= 15 is 0 Å². The highest BCUT2D eigenvalue weighted by molar-refractivity contribution is 7.01. The van der Waals surface area contributed by atoms with Gasteiger partial charge in [0, 0.05) is 23.8 Å². The Balaban J connectivity index is 1.90. The second kappa shape index (κ2) is 8.10. The van der Waals surface area contributed by atoms with Gasteiger partial charge in [0.2, 0.25) is 0 Å². The number of rotatable bonds is 6. The first-order chi connectivity index (χ1) is 13.4. The summed E-state index contributed by atoms with van der Waals surface area (Å²) in [6.07, 6.45) is 3.79. The van der Waals surface area contributed by atoms with Crippen LogP contribution in [-0.2, 0) is 12.1 Å². The maximum Gasteiger partial charge on any atom is 0.129 e. The van der Waals surface area contributed by atoms with Gasteiger partial charge in [0.15, 0.2) is 0 Å². The van der Waals surface area contributed by atoms with Crippen molar-refractivity contribution < 1.29 is 0 Å². The number of benzene rings is 2. The fourth-order valence-corrected chi connectivity index (χ4v) is 8.37. The molecule has 0 saturated carbocycles. The van der Waals surface area contributed by atoms with Crippen molar-refractivity contribution in [3.63, 3.8) is 0 Å². The highest BCUT2D eigenvalue weighted by Crippen LogP contribution is 2.17. The summed E-state index contributed by atoms with van der Waals surface area (Å²) >= 11 is 0. The lowest BCUT2D eigenvalue weighted by atomic mass is 10.3. The van der Waals surface area contributed by atoms with Crippen LogP contribution < -0.4 is 10.4 Å². The summed E-state index contributed by atoms with van der Waals surface area (Å²) in [5, 5.41) is 2.85. The molecule has 0 aliphatic carbocycles. The zero-order valence-corrected chi connectivity index (χ0v) is 16.2. The normalized spacial score (nSPS) is 11.3. The second-order valence-electron chi connectivity index (χ2n) is 6.81. The Morgan fingerprint density at radius 3 is 1.26 bits per heavy atom. The number of aromatic nitrogens is 2. The Labute approximate surface area is 161 Å². The molecule has 3 heteroatoms. The molecular formula is C24H22N2Si. The van der Waals surface area contributed by atoms with Crippen LogP contribution in [0.5, 0.6) is 0 Å². The first-order valence-corrected chi connectivity index (χ1v) is 11.7. The van der Waals surface area contributed by atoms with E-state index in [-0.39, 0.29) is 0 Å². The van der Waals surface area contributed by atoms with Gasteiger partial charge >= 0.3 is 0 Å². The molecule has 4 aromatic rings. The van der Waals surface area contributed by atoms with E-state index in [1.807, 2.05) is 24.5 Å². The van der Waals surface area contributed by atoms with Gasteiger partial charge in [-0.15, -0.1) is 0 Å². The molecule has 0 fully saturated rings. The fraction of sp³-hybridized carbons (Fsp3) is 0.0833. The molecular weight excluding hydrogens is 344 g/mol. The standard InChI is InChI=1S/C24H22N2Si/c1-3-13-23(14-4-1)27(24-15-5-2-6-16-24,19-21-11-7-9-17-25-21)20-22-12-8-10-18-26-22/h1-18H,19-20H2. The van der Waals surface area contributed by atoms with Gasteiger partial charge in [-0.05, 0) is 36.4 Å². The van der Waals surface area contributed by atoms with Gasteiger partial charge in [-0.25, -0.2) is 0 Å². The molecule has 0 radical (unpaired) electrons. The van der Waals surface area contributed by atoms with Crippen LogP contribution in [0.3, 0.4) is 0 Å². The van der Waals surface area contributed by atoms with Crippen LogP contribution in [0.4, 0.5) is 0 Å². The summed E-state index contributed by atoms with van der Waals surface area (Å²) in [5.74, 6) is 0. The lowest BCUT2D eigenvalue weighted by molar-refractivity contribution is 1.09. The van der Waals surface area contributed by atoms with Gasteiger partial charge in [0.25, 0.3) is 0 Å². The van der Waals surface area contributed by atoms with E-state index in [2.05, 4.69) is 94.9 Å². The third-order valence-corrected chi connectivity index (χ3v) is 9.88. The number of nitrogens with zero attached hydrogens (tertiary/aromatic N) is 2. The number of hydrogen-bond acceptors (Lipinski definition) is 2. The van der Waals surface area contributed by atoms with Gasteiger partial charge in [-0.1, -0.05) is 83.2 Å². The van der Waals surface area contributed by atoms with Crippen LogP contribution in [0.15, 0.2) is 109 Å². The van der Waals surface area contributed by atoms with Crippen LogP contribution in [0.1, 0.15) is 11.4 Å². The molecule has 0 unspecified atom stereocenters. The average Bonchev–Trinajstić information content (AvgIpc) is 2.76. The number of pyridine rings is 2. The molecule has 0 aliphatic heterocycles. The molecule has 0 bridgehead atoms. The summed E-state index contributed by atoms with van der Waals surface area (Å²) in [6, 6.07) is 36.2. The maximum atomic E-state index is 4.67. The molecule has 0 aliphatic rings. The van der Waals surface area contributed by atoms with Crippen LogP contribution in [0, 0.1) is 0 Å². The van der Waals surface area contributed by atoms with Crippen LogP contribution in [0.25, 0.3) is 0 Å². The predicted molar refractivity (Wildman–Crippen MR) is 114 cm³/mol. The molecule has 4 rings (SSSR count). The maximum absolute atomic E-state index is 4.67. The van der Waals surface area contributed by atoms with Crippen LogP contribution in [-0.4, -0.2) is 18.0 Å². The Bertz CT molecular complexity index is 875. The predicted octanol–water partition coefficient (Wildman–Crippen LogP) is 3.60. The molecule has 2 aromatic carbocycles. The Morgan fingerprint density at radius 1 is 0.481 bits per heavy atom. The molecule has 2 nitrogen and oxygen atoms in total. The minimum absolute atomic E-state index is 0.957. The van der Waals surface area contributed by atoms with Crippen LogP contribution in [0.2, 0.25) is 0 Å². The fourth-order valence-electron chi connectivity index (χ4n) is 3.78. The minimum atomic E-state index is -2.15. The molecule has 0 N–H and O–H groups in total. The Hall–Kier alpha value is -3.04. The molecule has 132 valence electrons. The van der Waals surface area contributed by atoms with Crippen molar-refractivity contribution in [2.24, 2.45) is 0 Å². The smallest absolute Gasteiger partial charge is 0.129 e. The van der Waals surface area contributed by atoms with Crippen molar-refractivity contribution in [1.29, 1.82) is 0 Å². The van der Waals surface area contributed by atoms with Gasteiger partial charge < -0.3 is 0 Å². The zero-order valence-electron chi connectivity index (χ0n) is 15.2. The number of hydrogen-bond donors (Lipinski definition) is 0. The third kappa shape index (κ3) is 3.88. The average molecular weight is 367 g/mol. The lowest BCUT2D eigenvalue weighted by Crippen LogP contribution is -2.62. The van der Waals surface area contributed by atoms with Crippen molar-refractivity contribution in [3.8, 4) is 0 Å².